The number of aromatic nitrogens is 1. The van der Waals surface area contributed by atoms with E-state index < -0.39 is 5.97 Å². The highest BCUT2D eigenvalue weighted by atomic mass is 35.5. The minimum atomic E-state index is -0.500. The van der Waals surface area contributed by atoms with Crippen molar-refractivity contribution in [1.82, 2.24) is 4.98 Å². The van der Waals surface area contributed by atoms with Crippen molar-refractivity contribution in [3.8, 4) is 11.5 Å². The van der Waals surface area contributed by atoms with Crippen LogP contribution < -0.4 is 0 Å². The first-order valence-electron chi connectivity index (χ1n) is 7.84. The molecule has 3 rings (SSSR count). The van der Waals surface area contributed by atoms with Gasteiger partial charge in [-0.2, -0.15) is 0 Å². The number of halogens is 2. The fourth-order valence-corrected chi connectivity index (χ4v) is 2.72. The first kappa shape index (κ1) is 18.2. The molecule has 0 spiro atoms. The molecule has 0 radical (unpaired) electrons. The summed E-state index contributed by atoms with van der Waals surface area (Å²) in [4.78, 5) is 16.3. The van der Waals surface area contributed by atoms with Gasteiger partial charge >= 0.3 is 5.97 Å². The van der Waals surface area contributed by atoms with Crippen LogP contribution in [-0.2, 0) is 16.1 Å². The van der Waals surface area contributed by atoms with Crippen molar-refractivity contribution >= 4 is 35.2 Å². The highest BCUT2D eigenvalue weighted by Gasteiger charge is 2.12. The molecule has 0 unspecified atom stereocenters. The minimum absolute atomic E-state index is 0.0275. The Kier molecular flexibility index (Phi) is 5.76. The molecule has 132 valence electrons. The zero-order valence-corrected chi connectivity index (χ0v) is 15.4. The van der Waals surface area contributed by atoms with Crippen LogP contribution in [0.15, 0.2) is 59.0 Å². The van der Waals surface area contributed by atoms with Gasteiger partial charge in [0, 0.05) is 21.7 Å². The number of aryl methyl sites for hydroxylation is 1. The molecular weight excluding hydrogens is 373 g/mol. The first-order chi connectivity index (χ1) is 12.5. The van der Waals surface area contributed by atoms with E-state index in [-0.39, 0.29) is 6.61 Å². The molecule has 0 aliphatic rings. The number of nitrogens with zero attached hydrogens (tertiary/aromatic N) is 1. The van der Waals surface area contributed by atoms with Gasteiger partial charge in [0.25, 0.3) is 0 Å². The van der Waals surface area contributed by atoms with Gasteiger partial charge in [-0.25, -0.2) is 9.78 Å². The second-order valence-electron chi connectivity index (χ2n) is 5.49. The molecule has 4 nitrogen and oxygen atoms in total. The lowest BCUT2D eigenvalue weighted by atomic mass is 10.2. The second-order valence-corrected chi connectivity index (χ2v) is 6.34. The Hall–Kier alpha value is -2.56. The molecule has 0 atom stereocenters. The maximum Gasteiger partial charge on any atom is 0.331 e. The van der Waals surface area contributed by atoms with Gasteiger partial charge in [-0.3, -0.25) is 0 Å². The molecule has 0 amide bonds. The van der Waals surface area contributed by atoms with Crippen LogP contribution in [0.25, 0.3) is 17.5 Å². The van der Waals surface area contributed by atoms with Gasteiger partial charge in [0.15, 0.2) is 0 Å². The molecule has 26 heavy (non-hydrogen) atoms. The van der Waals surface area contributed by atoms with Gasteiger partial charge in [-0.15, -0.1) is 0 Å². The number of hydrogen-bond donors (Lipinski definition) is 0. The van der Waals surface area contributed by atoms with E-state index in [1.165, 1.54) is 6.08 Å². The van der Waals surface area contributed by atoms with Crippen LogP contribution in [0.3, 0.4) is 0 Å². The van der Waals surface area contributed by atoms with Gasteiger partial charge in [-0.1, -0.05) is 47.5 Å². The smallest absolute Gasteiger partial charge is 0.331 e. The molecule has 0 saturated carbocycles. The van der Waals surface area contributed by atoms with Crippen LogP contribution in [-0.4, -0.2) is 11.0 Å². The third kappa shape index (κ3) is 4.54. The van der Waals surface area contributed by atoms with Crippen molar-refractivity contribution in [2.24, 2.45) is 0 Å². The number of rotatable bonds is 5. The molecule has 1 aromatic heterocycles. The van der Waals surface area contributed by atoms with E-state index in [0.717, 1.165) is 5.56 Å². The molecule has 6 heteroatoms. The maximum absolute atomic E-state index is 11.9. The Balaban J connectivity index is 1.63. The van der Waals surface area contributed by atoms with Crippen molar-refractivity contribution in [2.45, 2.75) is 13.5 Å². The number of hydrogen-bond acceptors (Lipinski definition) is 4. The zero-order valence-electron chi connectivity index (χ0n) is 13.9. The number of carbonyl (C=O) groups is 1. The van der Waals surface area contributed by atoms with E-state index in [0.29, 0.717) is 33.0 Å². The number of ether oxygens (including phenoxy) is 1. The maximum atomic E-state index is 11.9. The summed E-state index contributed by atoms with van der Waals surface area (Å²) in [7, 11) is 0. The Morgan fingerprint density at radius 3 is 2.69 bits per heavy atom. The molecule has 2 aromatic carbocycles. The lowest BCUT2D eigenvalue weighted by Gasteiger charge is -2.00. The summed E-state index contributed by atoms with van der Waals surface area (Å²) >= 11 is 11.9. The summed E-state index contributed by atoms with van der Waals surface area (Å²) in [5, 5.41) is 0.992. The predicted molar refractivity (Wildman–Crippen MR) is 102 cm³/mol. The topological polar surface area (TPSA) is 52.3 Å². The van der Waals surface area contributed by atoms with Gasteiger partial charge in [0.2, 0.25) is 5.89 Å². The highest BCUT2D eigenvalue weighted by molar-refractivity contribution is 6.35. The number of oxazole rings is 1. The standard InChI is InChI=1S/C20H15Cl2NO3/c1-13-18(23-20(26-13)15-5-3-2-4-6-15)12-25-19(24)10-8-14-7-9-16(21)11-17(14)22/h2-11H,12H2,1H3/b10-8+. The Bertz CT molecular complexity index is 949. The van der Waals surface area contributed by atoms with E-state index in [9.17, 15) is 4.79 Å². The van der Waals surface area contributed by atoms with Crippen LogP contribution in [0, 0.1) is 6.92 Å². The largest absolute Gasteiger partial charge is 0.456 e. The van der Waals surface area contributed by atoms with E-state index in [4.69, 9.17) is 32.4 Å². The van der Waals surface area contributed by atoms with Crippen molar-refractivity contribution in [1.29, 1.82) is 0 Å². The van der Waals surface area contributed by atoms with Crippen molar-refractivity contribution in [3.63, 3.8) is 0 Å². The van der Waals surface area contributed by atoms with Gasteiger partial charge < -0.3 is 9.15 Å². The summed E-state index contributed by atoms with van der Waals surface area (Å²) in [6.07, 6.45) is 2.88. The highest BCUT2D eigenvalue weighted by Crippen LogP contribution is 2.23. The quantitative estimate of drug-likeness (QED) is 0.415. The van der Waals surface area contributed by atoms with Crippen LogP contribution in [0.5, 0.6) is 0 Å². The van der Waals surface area contributed by atoms with E-state index in [2.05, 4.69) is 4.98 Å². The number of benzene rings is 2. The fraction of sp³-hybridized carbons (Fsp3) is 0.100. The third-order valence-corrected chi connectivity index (χ3v) is 4.19. The fourth-order valence-electron chi connectivity index (χ4n) is 2.25. The van der Waals surface area contributed by atoms with E-state index in [1.54, 1.807) is 31.2 Å². The summed E-state index contributed by atoms with van der Waals surface area (Å²) in [5.41, 5.74) is 2.12. The minimum Gasteiger partial charge on any atom is -0.456 e. The molecule has 0 N–H and O–H groups in total. The molecule has 3 aromatic rings. The zero-order chi connectivity index (χ0) is 18.5. The number of carbonyl (C=O) groups excluding carboxylic acids is 1. The van der Waals surface area contributed by atoms with Crippen molar-refractivity contribution in [3.05, 3.63) is 81.7 Å². The van der Waals surface area contributed by atoms with Crippen molar-refractivity contribution < 1.29 is 13.9 Å². The lowest BCUT2D eigenvalue weighted by molar-refractivity contribution is -0.139. The molecule has 0 bridgehead atoms. The van der Waals surface area contributed by atoms with E-state index in [1.807, 2.05) is 30.3 Å². The molecule has 0 aliphatic heterocycles. The first-order valence-corrected chi connectivity index (χ1v) is 8.60. The van der Waals surface area contributed by atoms with Crippen LogP contribution in [0.1, 0.15) is 17.0 Å². The summed E-state index contributed by atoms with van der Waals surface area (Å²) in [5.74, 6) is 0.610. The average Bonchev–Trinajstić information content (AvgIpc) is 3.01. The second kappa shape index (κ2) is 8.21. The van der Waals surface area contributed by atoms with Crippen LogP contribution in [0.4, 0.5) is 0 Å². The Morgan fingerprint density at radius 2 is 1.96 bits per heavy atom. The monoisotopic (exact) mass is 387 g/mol. The molecule has 0 aliphatic carbocycles. The molecule has 0 fully saturated rings. The number of esters is 1. The third-order valence-electron chi connectivity index (χ3n) is 3.63. The van der Waals surface area contributed by atoms with Crippen LogP contribution in [0.2, 0.25) is 10.0 Å². The predicted octanol–water partition coefficient (Wildman–Crippen LogP) is 5.71. The van der Waals surface area contributed by atoms with Crippen LogP contribution >= 0.6 is 23.2 Å². The summed E-state index contributed by atoms with van der Waals surface area (Å²) in [6.45, 7) is 1.81. The van der Waals surface area contributed by atoms with Gasteiger partial charge in [0.1, 0.15) is 18.1 Å². The Labute approximate surface area is 161 Å². The normalized spacial score (nSPS) is 11.0. The molecule has 0 saturated heterocycles. The average molecular weight is 388 g/mol. The summed E-state index contributed by atoms with van der Waals surface area (Å²) < 4.78 is 10.9. The molecular formula is C20H15Cl2NO3. The van der Waals surface area contributed by atoms with Crippen molar-refractivity contribution in [2.75, 3.05) is 0 Å². The summed E-state index contributed by atoms with van der Waals surface area (Å²) in [6, 6.07) is 14.6. The van der Waals surface area contributed by atoms with Gasteiger partial charge in [0.05, 0.1) is 0 Å². The lowest BCUT2D eigenvalue weighted by Crippen LogP contribution is -2.02. The SMILES string of the molecule is Cc1oc(-c2ccccc2)nc1COC(=O)/C=C/c1ccc(Cl)cc1Cl. The molecule has 1 heterocycles. The van der Waals surface area contributed by atoms with Gasteiger partial charge in [-0.05, 0) is 42.8 Å². The Morgan fingerprint density at radius 1 is 1.19 bits per heavy atom. The van der Waals surface area contributed by atoms with E-state index >= 15 is 0 Å².